The van der Waals surface area contributed by atoms with E-state index in [1.165, 1.54) is 12.1 Å². The normalized spacial score (nSPS) is 10.1. The van der Waals surface area contributed by atoms with Crippen molar-refractivity contribution in [3.8, 4) is 11.3 Å². The Bertz CT molecular complexity index is 520. The highest BCUT2D eigenvalue weighted by Crippen LogP contribution is 2.22. The van der Waals surface area contributed by atoms with E-state index in [0.29, 0.717) is 11.3 Å². The summed E-state index contributed by atoms with van der Waals surface area (Å²) in [6, 6.07) is 8.33. The lowest BCUT2D eigenvalue weighted by Gasteiger charge is -2.02. The van der Waals surface area contributed by atoms with Crippen LogP contribution in [0.3, 0.4) is 0 Å². The van der Waals surface area contributed by atoms with Crippen molar-refractivity contribution in [2.75, 3.05) is 0 Å². The molecule has 0 amide bonds. The number of pyridine rings is 1. The summed E-state index contributed by atoms with van der Waals surface area (Å²) in [5.74, 6) is -0.436. The molecule has 0 aliphatic carbocycles. The molecule has 0 radical (unpaired) electrons. The summed E-state index contributed by atoms with van der Waals surface area (Å²) in [6.45, 7) is 3.64. The number of benzene rings is 1. The summed E-state index contributed by atoms with van der Waals surface area (Å²) in [7, 11) is 0. The zero-order chi connectivity index (χ0) is 11.5. The van der Waals surface area contributed by atoms with E-state index in [1.54, 1.807) is 18.3 Å². The number of rotatable bonds is 2. The second kappa shape index (κ2) is 4.45. The zero-order valence-electron chi connectivity index (χ0n) is 8.45. The van der Waals surface area contributed by atoms with Crippen molar-refractivity contribution in [2.45, 2.75) is 0 Å². The molecular weight excluding hydrogens is 225 g/mol. The molecule has 1 heterocycles. The summed E-state index contributed by atoms with van der Waals surface area (Å²) >= 11 is 5.61. The molecule has 0 unspecified atom stereocenters. The molecule has 0 atom stereocenters. The van der Waals surface area contributed by atoms with E-state index < -0.39 is 5.82 Å². The fraction of sp³-hybridized carbons (Fsp3) is 0. The van der Waals surface area contributed by atoms with Gasteiger partial charge in [0, 0.05) is 11.8 Å². The summed E-state index contributed by atoms with van der Waals surface area (Å²) in [4.78, 5) is 4.21. The molecule has 1 aromatic carbocycles. The first-order valence-electron chi connectivity index (χ1n) is 4.74. The summed E-state index contributed by atoms with van der Waals surface area (Å²) in [5.41, 5.74) is 2.34. The molecule has 16 heavy (non-hydrogen) atoms. The van der Waals surface area contributed by atoms with Gasteiger partial charge in [0.05, 0.1) is 10.7 Å². The molecule has 0 aliphatic rings. The van der Waals surface area contributed by atoms with E-state index >= 15 is 0 Å². The van der Waals surface area contributed by atoms with Crippen LogP contribution < -0.4 is 0 Å². The third-order valence-electron chi connectivity index (χ3n) is 2.24. The maximum absolute atomic E-state index is 13.2. The van der Waals surface area contributed by atoms with E-state index in [9.17, 15) is 4.39 Å². The van der Waals surface area contributed by atoms with Crippen LogP contribution in [0.4, 0.5) is 4.39 Å². The van der Waals surface area contributed by atoms with Gasteiger partial charge in [-0.15, -0.1) is 0 Å². The van der Waals surface area contributed by atoms with Crippen molar-refractivity contribution in [1.82, 2.24) is 4.98 Å². The van der Waals surface area contributed by atoms with Crippen LogP contribution >= 0.6 is 11.6 Å². The Morgan fingerprint density at radius 2 is 2.06 bits per heavy atom. The minimum Gasteiger partial charge on any atom is -0.256 e. The molecule has 3 heteroatoms. The molecule has 0 N–H and O–H groups in total. The van der Waals surface area contributed by atoms with Gasteiger partial charge in [0.2, 0.25) is 0 Å². The Kier molecular flexibility index (Phi) is 3.02. The molecule has 0 saturated carbocycles. The highest BCUT2D eigenvalue weighted by Gasteiger charge is 2.03. The Balaban J connectivity index is 2.42. The average Bonchev–Trinajstić information content (AvgIpc) is 2.33. The van der Waals surface area contributed by atoms with Gasteiger partial charge < -0.3 is 0 Å². The molecule has 0 aliphatic heterocycles. The van der Waals surface area contributed by atoms with Crippen LogP contribution in [0.15, 0.2) is 43.1 Å². The van der Waals surface area contributed by atoms with Crippen LogP contribution in [0, 0.1) is 5.82 Å². The maximum atomic E-state index is 13.2. The first kappa shape index (κ1) is 10.8. The number of hydrogen-bond acceptors (Lipinski definition) is 1. The monoisotopic (exact) mass is 233 g/mol. The average molecular weight is 234 g/mol. The van der Waals surface area contributed by atoms with Gasteiger partial charge in [-0.3, -0.25) is 4.98 Å². The van der Waals surface area contributed by atoms with Gasteiger partial charge >= 0.3 is 0 Å². The van der Waals surface area contributed by atoms with E-state index in [4.69, 9.17) is 11.6 Å². The molecule has 0 spiro atoms. The van der Waals surface area contributed by atoms with Crippen LogP contribution in [-0.4, -0.2) is 4.98 Å². The minimum atomic E-state index is -0.436. The Morgan fingerprint density at radius 3 is 2.62 bits per heavy atom. The van der Waals surface area contributed by atoms with E-state index in [1.807, 2.05) is 12.1 Å². The van der Waals surface area contributed by atoms with E-state index in [2.05, 4.69) is 11.6 Å². The first-order valence-corrected chi connectivity index (χ1v) is 5.12. The third kappa shape index (κ3) is 2.12. The number of hydrogen-bond donors (Lipinski definition) is 0. The molecule has 1 nitrogen and oxygen atoms in total. The lowest BCUT2D eigenvalue weighted by molar-refractivity contribution is 0.628. The van der Waals surface area contributed by atoms with E-state index in [0.717, 1.165) is 5.56 Å². The van der Waals surface area contributed by atoms with Crippen LogP contribution in [0.2, 0.25) is 5.02 Å². The first-order chi connectivity index (χ1) is 7.70. The Hall–Kier alpha value is -1.67. The van der Waals surface area contributed by atoms with Crippen molar-refractivity contribution >= 4 is 17.7 Å². The van der Waals surface area contributed by atoms with Crippen molar-refractivity contribution < 1.29 is 4.39 Å². The summed E-state index contributed by atoms with van der Waals surface area (Å²) < 4.78 is 13.2. The SMILES string of the molecule is C=Cc1ccc(-c2ccc(Cl)c(F)c2)nc1. The highest BCUT2D eigenvalue weighted by molar-refractivity contribution is 6.30. The standard InChI is InChI=1S/C13H9ClFN/c1-2-9-3-6-13(16-8-9)10-4-5-11(14)12(15)7-10/h2-8H,1H2. The van der Waals surface area contributed by atoms with Gasteiger partial charge in [-0.25, -0.2) is 4.39 Å². The Morgan fingerprint density at radius 1 is 1.25 bits per heavy atom. The third-order valence-corrected chi connectivity index (χ3v) is 2.54. The van der Waals surface area contributed by atoms with Crippen molar-refractivity contribution in [3.05, 3.63) is 59.5 Å². The molecule has 0 bridgehead atoms. The maximum Gasteiger partial charge on any atom is 0.142 e. The predicted octanol–water partition coefficient (Wildman–Crippen LogP) is 4.18. The summed E-state index contributed by atoms with van der Waals surface area (Å²) in [6.07, 6.45) is 3.40. The fourth-order valence-corrected chi connectivity index (χ4v) is 1.47. The molecule has 2 aromatic rings. The van der Waals surface area contributed by atoms with Crippen LogP contribution in [0.25, 0.3) is 17.3 Å². The van der Waals surface area contributed by atoms with Gasteiger partial charge in [0.25, 0.3) is 0 Å². The predicted molar refractivity (Wildman–Crippen MR) is 64.7 cm³/mol. The number of nitrogens with zero attached hydrogens (tertiary/aromatic N) is 1. The van der Waals surface area contributed by atoms with Crippen LogP contribution in [-0.2, 0) is 0 Å². The lowest BCUT2D eigenvalue weighted by Crippen LogP contribution is -1.85. The van der Waals surface area contributed by atoms with Crippen molar-refractivity contribution in [3.63, 3.8) is 0 Å². The fourth-order valence-electron chi connectivity index (χ4n) is 1.35. The van der Waals surface area contributed by atoms with Gasteiger partial charge in [0.15, 0.2) is 0 Å². The molecule has 0 fully saturated rings. The molecular formula is C13H9ClFN. The van der Waals surface area contributed by atoms with Gasteiger partial charge in [-0.05, 0) is 23.8 Å². The van der Waals surface area contributed by atoms with E-state index in [-0.39, 0.29) is 5.02 Å². The van der Waals surface area contributed by atoms with Gasteiger partial charge in [0.1, 0.15) is 5.82 Å². The van der Waals surface area contributed by atoms with Crippen LogP contribution in [0.1, 0.15) is 5.56 Å². The van der Waals surface area contributed by atoms with Gasteiger partial charge in [-0.2, -0.15) is 0 Å². The van der Waals surface area contributed by atoms with Crippen LogP contribution in [0.5, 0.6) is 0 Å². The topological polar surface area (TPSA) is 12.9 Å². The zero-order valence-corrected chi connectivity index (χ0v) is 9.21. The molecule has 2 rings (SSSR count). The molecule has 1 aromatic heterocycles. The van der Waals surface area contributed by atoms with Gasteiger partial charge in [-0.1, -0.05) is 36.4 Å². The molecule has 80 valence electrons. The summed E-state index contributed by atoms with van der Waals surface area (Å²) in [5, 5.41) is 0.117. The number of aromatic nitrogens is 1. The Labute approximate surface area is 98.2 Å². The minimum absolute atomic E-state index is 0.117. The lowest BCUT2D eigenvalue weighted by atomic mass is 10.1. The van der Waals surface area contributed by atoms with Crippen molar-refractivity contribution in [2.24, 2.45) is 0 Å². The quantitative estimate of drug-likeness (QED) is 0.758. The molecule has 0 saturated heterocycles. The number of halogens is 2. The smallest absolute Gasteiger partial charge is 0.142 e. The largest absolute Gasteiger partial charge is 0.256 e. The second-order valence-corrected chi connectivity index (χ2v) is 3.72. The second-order valence-electron chi connectivity index (χ2n) is 3.31. The highest BCUT2D eigenvalue weighted by atomic mass is 35.5. The van der Waals surface area contributed by atoms with Crippen molar-refractivity contribution in [1.29, 1.82) is 0 Å².